The molecule has 6 nitrogen and oxygen atoms in total. The Morgan fingerprint density at radius 2 is 2.07 bits per heavy atom. The van der Waals surface area contributed by atoms with E-state index in [0.29, 0.717) is 24.5 Å². The van der Waals surface area contributed by atoms with Crippen molar-refractivity contribution in [3.8, 4) is 11.5 Å². The fraction of sp³-hybridized carbons (Fsp3) is 0.500. The van der Waals surface area contributed by atoms with E-state index in [1.165, 1.54) is 0 Å². The van der Waals surface area contributed by atoms with Crippen LogP contribution in [-0.2, 0) is 10.2 Å². The van der Waals surface area contributed by atoms with Crippen LogP contribution in [0.25, 0.3) is 6.08 Å². The molecule has 4 rings (SSSR count). The smallest absolute Gasteiger partial charge is 0.407 e. The van der Waals surface area contributed by atoms with Gasteiger partial charge in [-0.2, -0.15) is 0 Å². The normalized spacial score (nSPS) is 29.1. The molecule has 0 saturated carbocycles. The van der Waals surface area contributed by atoms with Gasteiger partial charge in [0.15, 0.2) is 11.5 Å². The Morgan fingerprint density at radius 3 is 2.79 bits per heavy atom. The standard InChI is InChI=1S/C22H27NO5/c1-21(2,3)28-20(25)23-12-11-22-14-7-5-13-6-10-16(26-4)18(17(13)22)27-19(22)15(24)9-8-14/h5-10,14-15,19,24H,11-12H2,1-4H3,(H,23,25)/t14-,15-,19+,22+/m1/s1. The van der Waals surface area contributed by atoms with Crippen LogP contribution < -0.4 is 14.8 Å². The third kappa shape index (κ3) is 2.87. The molecule has 1 aliphatic heterocycles. The molecule has 1 heterocycles. The van der Waals surface area contributed by atoms with Crippen LogP contribution in [-0.4, -0.2) is 42.7 Å². The van der Waals surface area contributed by atoms with Crippen LogP contribution in [0, 0.1) is 5.92 Å². The fourth-order valence-electron chi connectivity index (χ4n) is 4.65. The first-order valence-electron chi connectivity index (χ1n) is 9.66. The summed E-state index contributed by atoms with van der Waals surface area (Å²) in [5, 5.41) is 13.5. The number of hydrogen-bond donors (Lipinski definition) is 2. The highest BCUT2D eigenvalue weighted by atomic mass is 16.6. The van der Waals surface area contributed by atoms with Gasteiger partial charge in [-0.3, -0.25) is 0 Å². The van der Waals surface area contributed by atoms with Gasteiger partial charge in [0.1, 0.15) is 17.8 Å². The zero-order valence-electron chi connectivity index (χ0n) is 16.7. The number of alkyl carbamates (subject to hydrolysis) is 1. The van der Waals surface area contributed by atoms with Gasteiger partial charge >= 0.3 is 6.09 Å². The van der Waals surface area contributed by atoms with Crippen molar-refractivity contribution >= 4 is 12.2 Å². The lowest BCUT2D eigenvalue weighted by atomic mass is 9.59. The van der Waals surface area contributed by atoms with Crippen LogP contribution in [0.15, 0.2) is 30.4 Å². The third-order valence-electron chi connectivity index (χ3n) is 5.70. The minimum absolute atomic E-state index is 0.0715. The second-order valence-electron chi connectivity index (χ2n) is 8.58. The van der Waals surface area contributed by atoms with E-state index in [-0.39, 0.29) is 5.92 Å². The van der Waals surface area contributed by atoms with E-state index in [9.17, 15) is 9.90 Å². The Kier molecular flexibility index (Phi) is 4.42. The number of hydrogen-bond acceptors (Lipinski definition) is 5. The number of nitrogens with one attached hydrogen (secondary N) is 1. The molecule has 0 bridgehead atoms. The Labute approximate surface area is 165 Å². The van der Waals surface area contributed by atoms with Crippen molar-refractivity contribution in [1.29, 1.82) is 0 Å². The molecule has 0 spiro atoms. The van der Waals surface area contributed by atoms with Crippen molar-refractivity contribution in [2.75, 3.05) is 13.7 Å². The molecule has 0 aromatic heterocycles. The summed E-state index contributed by atoms with van der Waals surface area (Å²) in [6.45, 7) is 5.92. The van der Waals surface area contributed by atoms with Crippen LogP contribution >= 0.6 is 0 Å². The molecule has 0 fully saturated rings. The number of carbonyl (C=O) groups excluding carboxylic acids is 1. The highest BCUT2D eigenvalue weighted by Gasteiger charge is 2.58. The molecule has 4 atom stereocenters. The van der Waals surface area contributed by atoms with Crippen LogP contribution in [0.5, 0.6) is 11.5 Å². The third-order valence-corrected chi connectivity index (χ3v) is 5.70. The molecular formula is C22H27NO5. The molecule has 3 aliphatic rings. The van der Waals surface area contributed by atoms with Crippen molar-refractivity contribution < 1.29 is 24.1 Å². The van der Waals surface area contributed by atoms with E-state index in [2.05, 4.69) is 17.5 Å². The molecule has 6 heteroatoms. The van der Waals surface area contributed by atoms with Crippen molar-refractivity contribution in [3.05, 3.63) is 41.5 Å². The summed E-state index contributed by atoms with van der Waals surface area (Å²) in [4.78, 5) is 12.1. The molecule has 0 unspecified atom stereocenters. The topological polar surface area (TPSA) is 77.0 Å². The van der Waals surface area contributed by atoms with E-state index in [4.69, 9.17) is 14.2 Å². The number of carbonyl (C=O) groups is 1. The zero-order chi connectivity index (χ0) is 20.1. The minimum atomic E-state index is -0.728. The first kappa shape index (κ1) is 18.9. The van der Waals surface area contributed by atoms with Gasteiger partial charge in [0.05, 0.1) is 12.5 Å². The summed E-state index contributed by atoms with van der Waals surface area (Å²) in [5.74, 6) is 1.43. The molecule has 0 saturated heterocycles. The SMILES string of the molecule is COc1ccc2c3c1O[C@H]1[C@H](O)C=C[C@@H](C=C2)[C@@]31CCNC(=O)OC(C)(C)C. The van der Waals surface area contributed by atoms with Crippen LogP contribution in [0.3, 0.4) is 0 Å². The Bertz CT molecular complexity index is 853. The van der Waals surface area contributed by atoms with Gasteiger partial charge in [0.2, 0.25) is 0 Å². The summed E-state index contributed by atoms with van der Waals surface area (Å²) in [6.07, 6.45) is 7.08. The second-order valence-corrected chi connectivity index (χ2v) is 8.58. The lowest BCUT2D eigenvalue weighted by molar-refractivity contribution is 0.00916. The van der Waals surface area contributed by atoms with Gasteiger partial charge in [-0.25, -0.2) is 4.79 Å². The Morgan fingerprint density at radius 1 is 1.29 bits per heavy atom. The number of aliphatic hydroxyl groups excluding tert-OH is 1. The lowest BCUT2D eigenvalue weighted by Gasteiger charge is -2.45. The Balaban J connectivity index is 1.67. The number of benzene rings is 1. The van der Waals surface area contributed by atoms with Crippen LogP contribution in [0.2, 0.25) is 0 Å². The van der Waals surface area contributed by atoms with Crippen LogP contribution in [0.1, 0.15) is 38.3 Å². The molecule has 2 N–H and O–H groups in total. The monoisotopic (exact) mass is 385 g/mol. The van der Waals surface area contributed by atoms with Crippen molar-refractivity contribution in [3.63, 3.8) is 0 Å². The molecular weight excluding hydrogens is 358 g/mol. The number of aliphatic hydroxyl groups is 1. The lowest BCUT2D eigenvalue weighted by Crippen LogP contribution is -2.54. The summed E-state index contributed by atoms with van der Waals surface area (Å²) in [5.41, 5.74) is 1.11. The first-order valence-corrected chi connectivity index (χ1v) is 9.66. The van der Waals surface area contributed by atoms with Crippen molar-refractivity contribution in [2.45, 2.75) is 50.4 Å². The molecule has 28 heavy (non-hydrogen) atoms. The van der Waals surface area contributed by atoms with Crippen LogP contribution in [0.4, 0.5) is 4.79 Å². The fourth-order valence-corrected chi connectivity index (χ4v) is 4.65. The average molecular weight is 385 g/mol. The van der Waals surface area contributed by atoms with Gasteiger partial charge in [-0.1, -0.05) is 30.4 Å². The van der Waals surface area contributed by atoms with Gasteiger partial charge in [-0.15, -0.1) is 0 Å². The maximum atomic E-state index is 12.1. The maximum Gasteiger partial charge on any atom is 0.407 e. The predicted molar refractivity (Wildman–Crippen MR) is 106 cm³/mol. The Hall–Kier alpha value is -2.47. The van der Waals surface area contributed by atoms with Gasteiger partial charge in [-0.05, 0) is 38.8 Å². The van der Waals surface area contributed by atoms with Crippen molar-refractivity contribution in [2.24, 2.45) is 5.92 Å². The molecule has 1 amide bonds. The molecule has 150 valence electrons. The van der Waals surface area contributed by atoms with Gasteiger partial charge < -0.3 is 24.6 Å². The number of allylic oxidation sites excluding steroid dienone is 2. The molecule has 0 radical (unpaired) electrons. The number of rotatable bonds is 4. The first-order chi connectivity index (χ1) is 13.3. The molecule has 1 aromatic rings. The number of ether oxygens (including phenoxy) is 3. The van der Waals surface area contributed by atoms with E-state index in [0.717, 1.165) is 11.1 Å². The van der Waals surface area contributed by atoms with Crippen molar-refractivity contribution in [1.82, 2.24) is 5.32 Å². The minimum Gasteiger partial charge on any atom is -0.493 e. The highest BCUT2D eigenvalue weighted by Crippen LogP contribution is 2.59. The number of methoxy groups -OCH3 is 1. The summed E-state index contributed by atoms with van der Waals surface area (Å²) < 4.78 is 17.1. The average Bonchev–Trinajstić information content (AvgIpc) is 2.97. The summed E-state index contributed by atoms with van der Waals surface area (Å²) in [6, 6.07) is 3.91. The van der Waals surface area contributed by atoms with E-state index >= 15 is 0 Å². The maximum absolute atomic E-state index is 12.1. The summed E-state index contributed by atoms with van der Waals surface area (Å²) >= 11 is 0. The highest BCUT2D eigenvalue weighted by molar-refractivity contribution is 5.72. The molecule has 2 aliphatic carbocycles. The second kappa shape index (κ2) is 6.55. The van der Waals surface area contributed by atoms with Gasteiger partial charge in [0, 0.05) is 18.0 Å². The molecule has 1 aromatic carbocycles. The summed E-state index contributed by atoms with van der Waals surface area (Å²) in [7, 11) is 1.62. The van der Waals surface area contributed by atoms with E-state index in [1.807, 2.05) is 39.0 Å². The quantitative estimate of drug-likeness (QED) is 0.779. The predicted octanol–water partition coefficient (Wildman–Crippen LogP) is 3.18. The van der Waals surface area contributed by atoms with Gasteiger partial charge in [0.25, 0.3) is 0 Å². The number of amides is 1. The largest absolute Gasteiger partial charge is 0.493 e. The van der Waals surface area contributed by atoms with E-state index in [1.54, 1.807) is 13.2 Å². The van der Waals surface area contributed by atoms with E-state index < -0.39 is 29.3 Å². The zero-order valence-corrected chi connectivity index (χ0v) is 16.7.